The van der Waals surface area contributed by atoms with Crippen LogP contribution in [0.4, 0.5) is 5.82 Å². The number of hydrogen-bond acceptors (Lipinski definition) is 4. The molecule has 0 aromatic carbocycles. The third-order valence-electron chi connectivity index (χ3n) is 2.81. The van der Waals surface area contributed by atoms with E-state index in [0.29, 0.717) is 16.5 Å². The van der Waals surface area contributed by atoms with Crippen molar-refractivity contribution in [3.63, 3.8) is 0 Å². The normalized spacial score (nSPS) is 12.8. The SMILES string of the molecule is CC(C)CC(CN(C)C)NC(=O)c1cnc(N)c(Cl)c1. The van der Waals surface area contributed by atoms with Gasteiger partial charge in [-0.25, -0.2) is 4.98 Å². The molecule has 1 heterocycles. The number of hydrogen-bond donors (Lipinski definition) is 2. The van der Waals surface area contributed by atoms with Crippen LogP contribution in [0.25, 0.3) is 0 Å². The Morgan fingerprint density at radius 3 is 2.65 bits per heavy atom. The number of halogens is 1. The van der Waals surface area contributed by atoms with Crippen molar-refractivity contribution in [1.82, 2.24) is 15.2 Å². The highest BCUT2D eigenvalue weighted by Gasteiger charge is 2.17. The summed E-state index contributed by atoms with van der Waals surface area (Å²) < 4.78 is 0. The van der Waals surface area contributed by atoms with Gasteiger partial charge in [0.2, 0.25) is 0 Å². The third-order valence-corrected chi connectivity index (χ3v) is 3.11. The van der Waals surface area contributed by atoms with Crippen molar-refractivity contribution in [2.45, 2.75) is 26.3 Å². The smallest absolute Gasteiger partial charge is 0.253 e. The maximum Gasteiger partial charge on any atom is 0.253 e. The van der Waals surface area contributed by atoms with Gasteiger partial charge in [-0.2, -0.15) is 0 Å². The third kappa shape index (κ3) is 5.35. The predicted octanol–water partition coefficient (Wildman–Crippen LogP) is 2.02. The molecule has 0 aliphatic rings. The van der Waals surface area contributed by atoms with E-state index >= 15 is 0 Å². The minimum atomic E-state index is -0.174. The summed E-state index contributed by atoms with van der Waals surface area (Å²) >= 11 is 5.89. The van der Waals surface area contributed by atoms with E-state index in [0.717, 1.165) is 13.0 Å². The van der Waals surface area contributed by atoms with Crippen LogP contribution in [0.3, 0.4) is 0 Å². The van der Waals surface area contributed by atoms with Crippen LogP contribution in [-0.4, -0.2) is 42.5 Å². The minimum absolute atomic E-state index is 0.0915. The fourth-order valence-corrected chi connectivity index (χ4v) is 2.20. The van der Waals surface area contributed by atoms with Crippen molar-refractivity contribution in [2.24, 2.45) is 5.92 Å². The molecule has 0 bridgehead atoms. The maximum absolute atomic E-state index is 12.2. The van der Waals surface area contributed by atoms with E-state index in [1.165, 1.54) is 6.20 Å². The Hall–Kier alpha value is -1.33. The molecule has 0 aliphatic heterocycles. The molecule has 6 heteroatoms. The molecular weight excluding hydrogens is 276 g/mol. The monoisotopic (exact) mass is 298 g/mol. The van der Waals surface area contributed by atoms with E-state index in [9.17, 15) is 4.79 Å². The zero-order valence-electron chi connectivity index (χ0n) is 12.5. The summed E-state index contributed by atoms with van der Waals surface area (Å²) in [6.07, 6.45) is 2.36. The van der Waals surface area contributed by atoms with Crippen LogP contribution in [0.5, 0.6) is 0 Å². The Labute approximate surface area is 125 Å². The van der Waals surface area contributed by atoms with Gasteiger partial charge in [0.05, 0.1) is 10.6 Å². The fraction of sp³-hybridized carbons (Fsp3) is 0.571. The van der Waals surface area contributed by atoms with Crippen molar-refractivity contribution in [3.8, 4) is 0 Å². The molecule has 112 valence electrons. The summed E-state index contributed by atoms with van der Waals surface area (Å²) in [6, 6.07) is 1.63. The van der Waals surface area contributed by atoms with Gasteiger partial charge in [0, 0.05) is 18.8 Å². The number of anilines is 1. The van der Waals surface area contributed by atoms with E-state index in [-0.39, 0.29) is 17.8 Å². The lowest BCUT2D eigenvalue weighted by Gasteiger charge is -2.24. The van der Waals surface area contributed by atoms with Crippen molar-refractivity contribution < 1.29 is 4.79 Å². The van der Waals surface area contributed by atoms with Crippen LogP contribution >= 0.6 is 11.6 Å². The van der Waals surface area contributed by atoms with Crippen LogP contribution in [0.15, 0.2) is 12.3 Å². The van der Waals surface area contributed by atoms with Gasteiger partial charge in [0.15, 0.2) is 0 Å². The molecule has 20 heavy (non-hydrogen) atoms. The number of likely N-dealkylation sites (N-methyl/N-ethyl adjacent to an activating group) is 1. The van der Waals surface area contributed by atoms with Crippen LogP contribution in [0.1, 0.15) is 30.6 Å². The van der Waals surface area contributed by atoms with Gasteiger partial charge in [-0.05, 0) is 32.5 Å². The van der Waals surface area contributed by atoms with Crippen molar-refractivity contribution in [1.29, 1.82) is 0 Å². The van der Waals surface area contributed by atoms with E-state index in [2.05, 4.69) is 29.0 Å². The van der Waals surface area contributed by atoms with Gasteiger partial charge in [0.1, 0.15) is 5.82 Å². The van der Waals surface area contributed by atoms with Gasteiger partial charge in [0.25, 0.3) is 5.91 Å². The van der Waals surface area contributed by atoms with Crippen molar-refractivity contribution in [2.75, 3.05) is 26.4 Å². The number of nitrogens with two attached hydrogens (primary N) is 1. The molecule has 0 spiro atoms. The molecule has 1 aromatic rings. The molecule has 1 unspecified atom stereocenters. The number of aromatic nitrogens is 1. The number of rotatable bonds is 6. The summed E-state index contributed by atoms with van der Waals surface area (Å²) in [5.41, 5.74) is 5.97. The van der Waals surface area contributed by atoms with Crippen molar-refractivity contribution in [3.05, 3.63) is 22.8 Å². The lowest BCUT2D eigenvalue weighted by molar-refractivity contribution is 0.0924. The largest absolute Gasteiger partial charge is 0.382 e. The van der Waals surface area contributed by atoms with Crippen molar-refractivity contribution >= 4 is 23.3 Å². The second-order valence-corrected chi connectivity index (χ2v) is 6.06. The van der Waals surface area contributed by atoms with Gasteiger partial charge >= 0.3 is 0 Å². The zero-order valence-corrected chi connectivity index (χ0v) is 13.2. The lowest BCUT2D eigenvalue weighted by atomic mass is 10.0. The number of carbonyl (C=O) groups excluding carboxylic acids is 1. The average molecular weight is 299 g/mol. The Morgan fingerprint density at radius 2 is 2.15 bits per heavy atom. The number of carbonyl (C=O) groups is 1. The summed E-state index contributed by atoms with van der Waals surface area (Å²) in [6.45, 7) is 5.06. The van der Waals surface area contributed by atoms with Gasteiger partial charge in [-0.3, -0.25) is 4.79 Å². The van der Waals surface area contributed by atoms with Gasteiger partial charge in [-0.1, -0.05) is 25.4 Å². The fourth-order valence-electron chi connectivity index (χ4n) is 2.03. The average Bonchev–Trinajstić information content (AvgIpc) is 2.30. The van der Waals surface area contributed by atoms with Crippen LogP contribution in [0, 0.1) is 5.92 Å². The zero-order chi connectivity index (χ0) is 15.3. The first-order chi connectivity index (χ1) is 9.29. The Balaban J connectivity index is 2.76. The molecule has 0 fully saturated rings. The van der Waals surface area contributed by atoms with Crippen LogP contribution in [0.2, 0.25) is 5.02 Å². The van der Waals surface area contributed by atoms with E-state index in [1.807, 2.05) is 14.1 Å². The Bertz CT molecular complexity index is 452. The second-order valence-electron chi connectivity index (χ2n) is 5.65. The maximum atomic E-state index is 12.2. The molecule has 1 aromatic heterocycles. The van der Waals surface area contributed by atoms with Crippen LogP contribution in [-0.2, 0) is 0 Å². The Morgan fingerprint density at radius 1 is 1.50 bits per heavy atom. The summed E-state index contributed by atoms with van der Waals surface area (Å²) in [4.78, 5) is 18.2. The van der Waals surface area contributed by atoms with Gasteiger partial charge in [-0.15, -0.1) is 0 Å². The van der Waals surface area contributed by atoms with Gasteiger partial charge < -0.3 is 16.0 Å². The van der Waals surface area contributed by atoms with E-state index < -0.39 is 0 Å². The predicted molar refractivity (Wildman–Crippen MR) is 82.9 cm³/mol. The second kappa shape index (κ2) is 7.45. The molecule has 1 rings (SSSR count). The number of amides is 1. The molecule has 1 atom stereocenters. The van der Waals surface area contributed by atoms with Crippen LogP contribution < -0.4 is 11.1 Å². The molecule has 3 N–H and O–H groups in total. The quantitative estimate of drug-likeness (QED) is 0.843. The topological polar surface area (TPSA) is 71.2 Å². The summed E-state index contributed by atoms with van der Waals surface area (Å²) in [5, 5.41) is 3.32. The molecule has 0 aliphatic carbocycles. The highest BCUT2D eigenvalue weighted by molar-refractivity contribution is 6.33. The first-order valence-corrected chi connectivity index (χ1v) is 7.04. The molecular formula is C14H23ClN4O. The number of nitrogens with one attached hydrogen (secondary N) is 1. The first kappa shape index (κ1) is 16.7. The molecule has 0 saturated heterocycles. The first-order valence-electron chi connectivity index (χ1n) is 6.66. The number of nitrogen functional groups attached to an aromatic ring is 1. The highest BCUT2D eigenvalue weighted by Crippen LogP contribution is 2.17. The Kier molecular flexibility index (Phi) is 6.23. The standard InChI is InChI=1S/C14H23ClN4O/c1-9(2)5-11(8-19(3)4)18-14(20)10-6-12(15)13(16)17-7-10/h6-7,9,11H,5,8H2,1-4H3,(H2,16,17)(H,18,20). The summed E-state index contributed by atoms with van der Waals surface area (Å²) in [7, 11) is 3.97. The van der Waals surface area contributed by atoms with E-state index in [1.54, 1.807) is 6.07 Å². The lowest BCUT2D eigenvalue weighted by Crippen LogP contribution is -2.42. The van der Waals surface area contributed by atoms with E-state index in [4.69, 9.17) is 17.3 Å². The molecule has 0 radical (unpaired) electrons. The number of pyridine rings is 1. The summed E-state index contributed by atoms with van der Waals surface area (Å²) in [5.74, 6) is 0.565. The molecule has 1 amide bonds. The minimum Gasteiger partial charge on any atom is -0.382 e. The highest BCUT2D eigenvalue weighted by atomic mass is 35.5. The molecule has 0 saturated carbocycles. The molecule has 5 nitrogen and oxygen atoms in total. The number of nitrogens with zero attached hydrogens (tertiary/aromatic N) is 2.